The van der Waals surface area contributed by atoms with Crippen molar-refractivity contribution < 1.29 is 4.52 Å². The van der Waals surface area contributed by atoms with Gasteiger partial charge in [0.05, 0.1) is 30.2 Å². The highest BCUT2D eigenvalue weighted by Crippen LogP contribution is 2.28. The third kappa shape index (κ3) is 2.52. The van der Waals surface area contributed by atoms with Gasteiger partial charge in [-0.05, 0) is 20.8 Å². The van der Waals surface area contributed by atoms with Crippen LogP contribution in [0.3, 0.4) is 0 Å². The van der Waals surface area contributed by atoms with Crippen molar-refractivity contribution in [2.75, 3.05) is 6.54 Å². The van der Waals surface area contributed by atoms with Crippen LogP contribution >= 0.6 is 0 Å². The van der Waals surface area contributed by atoms with Gasteiger partial charge in [-0.15, -0.1) is 0 Å². The van der Waals surface area contributed by atoms with Gasteiger partial charge in [0.25, 0.3) is 0 Å². The number of rotatable bonds is 4. The lowest BCUT2D eigenvalue weighted by Gasteiger charge is -2.34. The molecule has 1 aliphatic heterocycles. The summed E-state index contributed by atoms with van der Waals surface area (Å²) in [6.07, 6.45) is 5.24. The normalized spacial score (nSPS) is 18.0. The molecule has 0 fully saturated rings. The standard InChI is InChI=1S/C16H21N7O/c1-11-15(13(3)24-20-11)8-21-4-5-23-14(6-18-16(23)12(21)2)7-22-10-17-9-19-22/h6,9-10,12H,4-5,7-8H2,1-3H3/t12-/m1/s1. The van der Waals surface area contributed by atoms with Crippen LogP contribution in [0, 0.1) is 13.8 Å². The van der Waals surface area contributed by atoms with Gasteiger partial charge in [0, 0.05) is 25.2 Å². The SMILES string of the molecule is Cc1noc(C)c1CN1CCn2c(Cn3cncn3)cnc2[C@H]1C. The van der Waals surface area contributed by atoms with Gasteiger partial charge in [-0.2, -0.15) is 5.10 Å². The molecule has 0 spiro atoms. The van der Waals surface area contributed by atoms with Crippen molar-refractivity contribution in [1.29, 1.82) is 0 Å². The quantitative estimate of drug-likeness (QED) is 0.726. The average Bonchev–Trinajstić information content (AvgIpc) is 3.28. The van der Waals surface area contributed by atoms with Crippen LogP contribution in [0.4, 0.5) is 0 Å². The van der Waals surface area contributed by atoms with Crippen LogP contribution in [0.25, 0.3) is 0 Å². The van der Waals surface area contributed by atoms with E-state index in [0.29, 0.717) is 6.54 Å². The molecule has 0 saturated heterocycles. The Balaban J connectivity index is 1.55. The summed E-state index contributed by atoms with van der Waals surface area (Å²) in [6, 6.07) is 0.247. The number of aromatic nitrogens is 6. The second-order valence-corrected chi connectivity index (χ2v) is 6.30. The Morgan fingerprint density at radius 1 is 1.25 bits per heavy atom. The van der Waals surface area contributed by atoms with E-state index in [1.807, 2.05) is 24.7 Å². The van der Waals surface area contributed by atoms with Crippen LogP contribution in [0.5, 0.6) is 0 Å². The zero-order valence-electron chi connectivity index (χ0n) is 14.2. The Bertz CT molecular complexity index is 813. The first-order valence-corrected chi connectivity index (χ1v) is 8.16. The molecular weight excluding hydrogens is 306 g/mol. The molecule has 126 valence electrons. The smallest absolute Gasteiger partial charge is 0.138 e. The molecule has 4 heterocycles. The molecule has 0 N–H and O–H groups in total. The van der Waals surface area contributed by atoms with Gasteiger partial charge in [-0.1, -0.05) is 5.16 Å². The molecule has 3 aromatic heterocycles. The second kappa shape index (κ2) is 5.86. The molecule has 0 aromatic carbocycles. The molecule has 1 atom stereocenters. The van der Waals surface area contributed by atoms with Crippen molar-refractivity contribution in [3.05, 3.63) is 47.4 Å². The number of imidazole rings is 1. The van der Waals surface area contributed by atoms with Gasteiger partial charge in [0.2, 0.25) is 0 Å². The van der Waals surface area contributed by atoms with E-state index in [9.17, 15) is 0 Å². The van der Waals surface area contributed by atoms with E-state index < -0.39 is 0 Å². The molecule has 24 heavy (non-hydrogen) atoms. The fourth-order valence-corrected chi connectivity index (χ4v) is 3.36. The van der Waals surface area contributed by atoms with Crippen LogP contribution in [0.15, 0.2) is 23.4 Å². The van der Waals surface area contributed by atoms with Gasteiger partial charge in [0.1, 0.15) is 24.2 Å². The van der Waals surface area contributed by atoms with Crippen molar-refractivity contribution in [3.63, 3.8) is 0 Å². The van der Waals surface area contributed by atoms with Gasteiger partial charge in [-0.3, -0.25) is 4.90 Å². The van der Waals surface area contributed by atoms with Crippen LogP contribution in [0.2, 0.25) is 0 Å². The Morgan fingerprint density at radius 2 is 2.12 bits per heavy atom. The molecule has 8 nitrogen and oxygen atoms in total. The molecule has 0 bridgehead atoms. The van der Waals surface area contributed by atoms with Gasteiger partial charge < -0.3 is 9.09 Å². The molecule has 3 aromatic rings. The highest BCUT2D eigenvalue weighted by Gasteiger charge is 2.28. The van der Waals surface area contributed by atoms with Crippen LogP contribution < -0.4 is 0 Å². The highest BCUT2D eigenvalue weighted by molar-refractivity contribution is 5.21. The number of hydrogen-bond acceptors (Lipinski definition) is 6. The molecule has 8 heteroatoms. The van der Waals surface area contributed by atoms with Gasteiger partial charge in [0.15, 0.2) is 0 Å². The molecule has 0 aliphatic carbocycles. The van der Waals surface area contributed by atoms with E-state index in [0.717, 1.165) is 36.9 Å². The van der Waals surface area contributed by atoms with Crippen LogP contribution in [0.1, 0.15) is 41.5 Å². The van der Waals surface area contributed by atoms with E-state index in [1.165, 1.54) is 11.3 Å². The molecule has 0 unspecified atom stereocenters. The summed E-state index contributed by atoms with van der Waals surface area (Å²) in [4.78, 5) is 11.1. The predicted octanol–water partition coefficient (Wildman–Crippen LogP) is 1.70. The summed E-state index contributed by atoms with van der Waals surface area (Å²) >= 11 is 0. The maximum atomic E-state index is 5.29. The Morgan fingerprint density at radius 3 is 2.83 bits per heavy atom. The molecule has 1 aliphatic rings. The van der Waals surface area contributed by atoms with E-state index in [-0.39, 0.29) is 6.04 Å². The minimum Gasteiger partial charge on any atom is -0.361 e. The highest BCUT2D eigenvalue weighted by atomic mass is 16.5. The minimum absolute atomic E-state index is 0.247. The van der Waals surface area contributed by atoms with E-state index in [4.69, 9.17) is 4.52 Å². The van der Waals surface area contributed by atoms with E-state index >= 15 is 0 Å². The third-order valence-electron chi connectivity index (χ3n) is 4.83. The minimum atomic E-state index is 0.247. The van der Waals surface area contributed by atoms with Gasteiger partial charge >= 0.3 is 0 Å². The average molecular weight is 327 g/mol. The van der Waals surface area contributed by atoms with Crippen molar-refractivity contribution >= 4 is 0 Å². The number of hydrogen-bond donors (Lipinski definition) is 0. The summed E-state index contributed by atoms with van der Waals surface area (Å²) in [5.74, 6) is 2.00. The molecule has 4 rings (SSSR count). The third-order valence-corrected chi connectivity index (χ3v) is 4.83. The largest absolute Gasteiger partial charge is 0.361 e. The van der Waals surface area contributed by atoms with Gasteiger partial charge in [-0.25, -0.2) is 14.6 Å². The monoisotopic (exact) mass is 327 g/mol. The molecule has 0 saturated carbocycles. The Kier molecular flexibility index (Phi) is 3.68. The van der Waals surface area contributed by atoms with Crippen molar-refractivity contribution in [3.8, 4) is 0 Å². The fourth-order valence-electron chi connectivity index (χ4n) is 3.36. The Labute approximate surface area is 140 Å². The maximum Gasteiger partial charge on any atom is 0.138 e. The lowest BCUT2D eigenvalue weighted by Crippen LogP contribution is -2.37. The summed E-state index contributed by atoms with van der Waals surface area (Å²) < 4.78 is 9.42. The summed E-state index contributed by atoms with van der Waals surface area (Å²) in [5, 5.41) is 8.24. The van der Waals surface area contributed by atoms with E-state index in [2.05, 4.69) is 36.6 Å². The van der Waals surface area contributed by atoms with Crippen molar-refractivity contribution in [1.82, 2.24) is 34.4 Å². The first-order valence-electron chi connectivity index (χ1n) is 8.16. The summed E-state index contributed by atoms with van der Waals surface area (Å²) in [6.45, 7) is 9.61. The molecular formula is C16H21N7O. The van der Waals surface area contributed by atoms with E-state index in [1.54, 1.807) is 12.7 Å². The zero-order chi connectivity index (χ0) is 16.7. The molecule has 0 amide bonds. The van der Waals surface area contributed by atoms with Crippen LogP contribution in [-0.4, -0.2) is 40.9 Å². The summed E-state index contributed by atoms with van der Waals surface area (Å²) in [5.41, 5.74) is 3.32. The van der Waals surface area contributed by atoms with Crippen LogP contribution in [-0.2, 0) is 19.6 Å². The zero-order valence-corrected chi connectivity index (χ0v) is 14.2. The summed E-state index contributed by atoms with van der Waals surface area (Å²) in [7, 11) is 0. The maximum absolute atomic E-state index is 5.29. The fraction of sp³-hybridized carbons (Fsp3) is 0.500. The predicted molar refractivity (Wildman–Crippen MR) is 86.2 cm³/mol. The van der Waals surface area contributed by atoms with Crippen molar-refractivity contribution in [2.45, 2.75) is 46.4 Å². The first kappa shape index (κ1) is 15.1. The molecule has 0 radical (unpaired) electrons. The van der Waals surface area contributed by atoms with Crippen molar-refractivity contribution in [2.24, 2.45) is 0 Å². The first-order chi connectivity index (χ1) is 11.6. The topological polar surface area (TPSA) is 77.8 Å². The second-order valence-electron chi connectivity index (χ2n) is 6.30. The number of nitrogens with zero attached hydrogens (tertiary/aromatic N) is 7. The number of aryl methyl sites for hydroxylation is 2. The lowest BCUT2D eigenvalue weighted by atomic mass is 10.1. The number of fused-ring (bicyclic) bond motifs is 1. The Hall–Kier alpha value is -2.48. The lowest BCUT2D eigenvalue weighted by molar-refractivity contribution is 0.154.